The molecule has 12 rings (SSSR count). The zero-order chi connectivity index (χ0) is 57.0. The van der Waals surface area contributed by atoms with Crippen LogP contribution in [-0.2, 0) is 5.41 Å². The van der Waals surface area contributed by atoms with Crippen molar-refractivity contribution in [3.8, 4) is 62.1 Å². The van der Waals surface area contributed by atoms with Gasteiger partial charge in [0.2, 0.25) is 0 Å². The summed E-state index contributed by atoms with van der Waals surface area (Å²) in [5.41, 5.74) is 9.19. The van der Waals surface area contributed by atoms with Gasteiger partial charge in [0.15, 0.2) is 0 Å². The summed E-state index contributed by atoms with van der Waals surface area (Å²) in [5, 5.41) is 2.13. The number of aromatic nitrogens is 4. The molecule has 8 aromatic carbocycles. The van der Waals surface area contributed by atoms with E-state index in [1.165, 1.54) is 31.2 Å². The lowest BCUT2D eigenvalue weighted by Gasteiger charge is -2.34. The van der Waals surface area contributed by atoms with Crippen LogP contribution in [0, 0.1) is 11.7 Å². The van der Waals surface area contributed by atoms with Crippen molar-refractivity contribution < 1.29 is 23.0 Å². The second-order valence-corrected chi connectivity index (χ2v) is 20.5. The maximum Gasteiger partial charge on any atom is 0.269 e. The van der Waals surface area contributed by atoms with E-state index in [2.05, 4.69) is 112 Å². The number of hydrogen-bond donors (Lipinski definition) is 0. The molecule has 1 saturated carbocycles. The lowest BCUT2D eigenvalue weighted by Crippen LogP contribution is -2.31. The minimum absolute atomic E-state index is 0.120. The first-order chi connectivity index (χ1) is 38.7. The van der Waals surface area contributed by atoms with Gasteiger partial charge < -0.3 is 4.74 Å². The molecule has 0 atom stereocenters. The number of rotatable bonds is 9. The number of nitrogens with zero attached hydrogens (tertiary/aromatic N) is 4. The van der Waals surface area contributed by atoms with E-state index < -0.39 is 60.4 Å². The molecule has 1 fully saturated rings. The number of hydrogen-bond acceptors (Lipinski definition) is 2. The molecule has 5 nitrogen and oxygen atoms in total. The zero-order valence-corrected chi connectivity index (χ0v) is 40.5. The van der Waals surface area contributed by atoms with E-state index in [1.54, 1.807) is 22.8 Å². The summed E-state index contributed by atoms with van der Waals surface area (Å²) < 4.78 is 100.0. The van der Waals surface area contributed by atoms with E-state index in [0.29, 0.717) is 39.6 Å². The highest BCUT2D eigenvalue weighted by atomic mass is 16.5. The average molecular weight is 933 g/mol. The Kier molecular flexibility index (Phi) is 8.57. The second-order valence-electron chi connectivity index (χ2n) is 20.5. The molecule has 0 saturated heterocycles. The number of benzene rings is 8. The third-order valence-corrected chi connectivity index (χ3v) is 14.3. The molecule has 11 aromatic rings. The lowest BCUT2D eigenvalue weighted by molar-refractivity contribution is -0.571. The Hall–Kier alpha value is -8.02. The first-order valence-electron chi connectivity index (χ1n) is 29.4. The number of pyridine rings is 1. The first kappa shape index (κ1) is 34.3. The topological polar surface area (TPSA) is 35.9 Å². The Labute approximate surface area is 431 Å². The van der Waals surface area contributed by atoms with Crippen molar-refractivity contribution in [2.75, 3.05) is 0 Å². The Morgan fingerprint density at radius 3 is 2.01 bits per heavy atom. The van der Waals surface area contributed by atoms with E-state index in [-0.39, 0.29) is 33.4 Å². The van der Waals surface area contributed by atoms with Gasteiger partial charge in [-0.1, -0.05) is 174 Å². The predicted molar refractivity (Wildman–Crippen MR) is 292 cm³/mol. The van der Waals surface area contributed by atoms with Gasteiger partial charge in [-0.05, 0) is 142 Å². The van der Waals surface area contributed by atoms with Crippen LogP contribution in [-0.4, -0.2) is 14.1 Å². The van der Waals surface area contributed by atoms with E-state index >= 15 is 0 Å². The van der Waals surface area contributed by atoms with Gasteiger partial charge in [-0.15, -0.1) is 0 Å². The molecule has 0 unspecified atom stereocenters. The standard InChI is InChI=1S/C66H58N4O/c1-65(2,3)51-36-39-67-63(41-51)70-59-33-30-50(46-28-26-45(27-29-46)47-34-37-66(4,5)38-35-47)40-58(59)57-32-31-54(43-62(57)70)71-53-21-14-20-52(42-53)68-44-69(61-25-13-12-24-60(61)68)64-55(48-16-8-6-9-17-48)22-15-23-56(64)49-18-10-7-11-19-49/h6-33,36,39-43,47H,34-35,37-38H2,1-5H3/i6D,7D,8D,9D,10D,11D,16D,17D,18D,19D. The second kappa shape index (κ2) is 17.7. The summed E-state index contributed by atoms with van der Waals surface area (Å²) in [6.07, 6.45) is 10.3. The minimum Gasteiger partial charge on any atom is -0.458 e. The fourth-order valence-electron chi connectivity index (χ4n) is 10.4. The SMILES string of the molecule is [2H]c1c([2H])c([2H])c(-c2cccc(-c3c([2H])c([2H])c([2H])c([2H])c3[2H])c2-[n+]2[c-]n(-c3cccc(Oc4ccc5c6cc(-c7ccc(C8CCC(C)(C)CC8)cc7)ccc6n(-c6cc(C(C)(C)C)ccn6)c5c4)c3)c3ccccc32)c([2H])c1[2H]. The molecule has 3 heterocycles. The molecule has 0 aliphatic heterocycles. The van der Waals surface area contributed by atoms with Crippen LogP contribution < -0.4 is 9.30 Å². The summed E-state index contributed by atoms with van der Waals surface area (Å²) in [6.45, 7) is 11.4. The molecule has 0 amide bonds. The van der Waals surface area contributed by atoms with Crippen LogP contribution in [0.1, 0.15) is 91.1 Å². The van der Waals surface area contributed by atoms with Gasteiger partial charge in [0, 0.05) is 23.0 Å². The van der Waals surface area contributed by atoms with E-state index in [9.17, 15) is 0 Å². The zero-order valence-electron chi connectivity index (χ0n) is 50.5. The molecule has 0 spiro atoms. The molecular weight excluding hydrogens is 865 g/mol. The number of fused-ring (bicyclic) bond motifs is 4. The molecule has 1 aliphatic rings. The van der Waals surface area contributed by atoms with Crippen LogP contribution in [0.25, 0.3) is 83.4 Å². The van der Waals surface area contributed by atoms with Crippen LogP contribution >= 0.6 is 0 Å². The normalized spacial score (nSPS) is 16.1. The van der Waals surface area contributed by atoms with Crippen LogP contribution in [0.15, 0.2) is 206 Å². The van der Waals surface area contributed by atoms with Gasteiger partial charge in [0.05, 0.1) is 47.1 Å². The van der Waals surface area contributed by atoms with Gasteiger partial charge in [0.25, 0.3) is 6.33 Å². The molecule has 348 valence electrons. The van der Waals surface area contributed by atoms with Crippen molar-refractivity contribution in [3.63, 3.8) is 0 Å². The predicted octanol–water partition coefficient (Wildman–Crippen LogP) is 17.0. The summed E-state index contributed by atoms with van der Waals surface area (Å²) in [5.74, 6) is 2.49. The summed E-state index contributed by atoms with van der Waals surface area (Å²) in [7, 11) is 0. The van der Waals surface area contributed by atoms with Gasteiger partial charge in [-0.2, -0.15) is 0 Å². The van der Waals surface area contributed by atoms with Gasteiger partial charge in [-0.3, -0.25) is 13.7 Å². The van der Waals surface area contributed by atoms with Crippen molar-refractivity contribution in [3.05, 3.63) is 224 Å². The van der Waals surface area contributed by atoms with Gasteiger partial charge in [-0.25, -0.2) is 4.98 Å². The maximum absolute atomic E-state index is 9.07. The molecule has 1 aliphatic carbocycles. The van der Waals surface area contributed by atoms with Crippen LogP contribution in [0.3, 0.4) is 0 Å². The minimum atomic E-state index is -0.565. The van der Waals surface area contributed by atoms with E-state index in [0.717, 1.165) is 44.3 Å². The highest BCUT2D eigenvalue weighted by Gasteiger charge is 2.28. The monoisotopic (exact) mass is 933 g/mol. The van der Waals surface area contributed by atoms with Crippen molar-refractivity contribution in [2.24, 2.45) is 5.41 Å². The number of ether oxygens (including phenoxy) is 1. The highest BCUT2D eigenvalue weighted by molar-refractivity contribution is 6.10. The lowest BCUT2D eigenvalue weighted by atomic mass is 9.71. The Bertz CT molecular complexity index is 4210. The van der Waals surface area contributed by atoms with Crippen molar-refractivity contribution in [1.29, 1.82) is 0 Å². The molecule has 0 bridgehead atoms. The van der Waals surface area contributed by atoms with Crippen molar-refractivity contribution >= 4 is 32.8 Å². The quantitative estimate of drug-likeness (QED) is 0.107. The fourth-order valence-corrected chi connectivity index (χ4v) is 10.4. The van der Waals surface area contributed by atoms with Gasteiger partial charge >= 0.3 is 0 Å². The number of para-hydroxylation sites is 3. The van der Waals surface area contributed by atoms with E-state index in [1.807, 2.05) is 65.4 Å². The fraction of sp³-hybridized carbons (Fsp3) is 0.182. The average Bonchev–Trinajstić information content (AvgIpc) is 3.53. The summed E-state index contributed by atoms with van der Waals surface area (Å²) >= 11 is 0. The Balaban J connectivity index is 0.972. The van der Waals surface area contributed by atoms with Crippen LogP contribution in [0.2, 0.25) is 0 Å². The summed E-state index contributed by atoms with van der Waals surface area (Å²) in [4.78, 5) is 4.96. The van der Waals surface area contributed by atoms with Crippen molar-refractivity contribution in [1.82, 2.24) is 14.1 Å². The molecule has 5 heteroatoms. The molecule has 71 heavy (non-hydrogen) atoms. The third kappa shape index (κ3) is 8.39. The van der Waals surface area contributed by atoms with Crippen molar-refractivity contribution in [2.45, 2.75) is 71.6 Å². The summed E-state index contributed by atoms with van der Waals surface area (Å²) in [6, 6.07) is 40.8. The Morgan fingerprint density at radius 1 is 0.620 bits per heavy atom. The smallest absolute Gasteiger partial charge is 0.269 e. The largest absolute Gasteiger partial charge is 0.458 e. The molecule has 3 aromatic heterocycles. The highest BCUT2D eigenvalue weighted by Crippen LogP contribution is 2.44. The molecular formula is C66H58N4O. The molecule has 0 N–H and O–H groups in total. The molecule has 0 radical (unpaired) electrons. The van der Waals surface area contributed by atoms with Crippen LogP contribution in [0.5, 0.6) is 11.5 Å². The maximum atomic E-state index is 9.07. The first-order valence-corrected chi connectivity index (χ1v) is 24.4. The number of imidazole rings is 1. The van der Waals surface area contributed by atoms with E-state index in [4.69, 9.17) is 23.4 Å². The van der Waals surface area contributed by atoms with Gasteiger partial charge in [0.1, 0.15) is 17.3 Å². The Morgan fingerprint density at radius 2 is 1.30 bits per heavy atom. The third-order valence-electron chi connectivity index (χ3n) is 14.3. The van der Waals surface area contributed by atoms with Crippen LogP contribution in [0.4, 0.5) is 0 Å².